The molecule has 1 aromatic heterocycles. The zero-order chi connectivity index (χ0) is 28.6. The first kappa shape index (κ1) is 29.2. The Morgan fingerprint density at radius 2 is 1.56 bits per heavy atom. The monoisotopic (exact) mass is 532 g/mol. The summed E-state index contributed by atoms with van der Waals surface area (Å²) >= 11 is 0. The minimum absolute atomic E-state index is 0.00112. The highest BCUT2D eigenvalue weighted by Gasteiger charge is 2.27. The number of benzene rings is 2. The maximum atomic E-state index is 13.5. The van der Waals surface area contributed by atoms with Gasteiger partial charge >= 0.3 is 6.09 Å². The average molecular weight is 533 g/mol. The molecule has 3 amide bonds. The van der Waals surface area contributed by atoms with Crippen LogP contribution in [0, 0.1) is 0 Å². The lowest BCUT2D eigenvalue weighted by Gasteiger charge is -2.28. The summed E-state index contributed by atoms with van der Waals surface area (Å²) in [6, 6.07) is 21.3. The summed E-state index contributed by atoms with van der Waals surface area (Å²) in [7, 11) is 1.45. The number of amides is 3. The van der Waals surface area contributed by atoms with Gasteiger partial charge in [-0.05, 0) is 57.4 Å². The molecule has 0 fully saturated rings. The Balaban J connectivity index is 1.79. The van der Waals surface area contributed by atoms with E-state index in [-0.39, 0.29) is 18.1 Å². The quantitative estimate of drug-likeness (QED) is 0.432. The van der Waals surface area contributed by atoms with Crippen molar-refractivity contribution >= 4 is 23.6 Å². The van der Waals surface area contributed by atoms with Crippen LogP contribution in [0.25, 0.3) is 11.3 Å². The van der Waals surface area contributed by atoms with Gasteiger partial charge in [-0.25, -0.2) is 4.79 Å². The van der Waals surface area contributed by atoms with E-state index in [0.29, 0.717) is 18.7 Å². The molecule has 0 aliphatic carbocycles. The average Bonchev–Trinajstić information content (AvgIpc) is 2.90. The Labute approximate surface area is 228 Å². The van der Waals surface area contributed by atoms with Crippen LogP contribution in [0.5, 0.6) is 0 Å². The topological polar surface area (TPSA) is 110 Å². The van der Waals surface area contributed by atoms with E-state index in [4.69, 9.17) is 4.74 Å². The minimum Gasteiger partial charge on any atom is -0.444 e. The number of nitrogens with one attached hydrogen (secondary N) is 2. The number of aromatic nitrogens is 1. The fourth-order valence-corrected chi connectivity index (χ4v) is 3.79. The molecule has 3 aromatic rings. The van der Waals surface area contributed by atoms with E-state index in [2.05, 4.69) is 10.6 Å². The molecule has 0 radical (unpaired) electrons. The standard InChI is InChI=1S/C30H36N4O5/c1-21(33(5)29(38)39-30(2,3)4)27(36)32-24-16-17-25(23-14-10-7-11-15-23)34(28(24)37)20-26(35)31-19-18-22-12-8-6-9-13-22/h6-17,21H,18-20H2,1-5H3,(H,31,35)(H,32,36). The highest BCUT2D eigenvalue weighted by atomic mass is 16.6. The lowest BCUT2D eigenvalue weighted by Crippen LogP contribution is -2.46. The molecule has 1 atom stereocenters. The number of carbonyl (C=O) groups is 3. The second-order valence-corrected chi connectivity index (χ2v) is 10.2. The van der Waals surface area contributed by atoms with Gasteiger partial charge in [-0.15, -0.1) is 0 Å². The minimum atomic E-state index is -0.914. The van der Waals surface area contributed by atoms with Crippen molar-refractivity contribution in [1.82, 2.24) is 14.8 Å². The Kier molecular flexibility index (Phi) is 9.65. The summed E-state index contributed by atoms with van der Waals surface area (Å²) in [5.74, 6) is -0.890. The first-order valence-corrected chi connectivity index (χ1v) is 12.8. The SMILES string of the molecule is CC(C(=O)Nc1ccc(-c2ccccc2)n(CC(=O)NCCc2ccccc2)c1=O)N(C)C(=O)OC(C)(C)C. The number of anilines is 1. The van der Waals surface area contributed by atoms with Crippen LogP contribution in [0.1, 0.15) is 33.3 Å². The van der Waals surface area contributed by atoms with Crippen molar-refractivity contribution < 1.29 is 19.1 Å². The van der Waals surface area contributed by atoms with Crippen molar-refractivity contribution in [2.24, 2.45) is 0 Å². The van der Waals surface area contributed by atoms with Gasteiger partial charge in [0, 0.05) is 13.6 Å². The Morgan fingerprint density at radius 3 is 2.18 bits per heavy atom. The molecular weight excluding hydrogens is 496 g/mol. The smallest absolute Gasteiger partial charge is 0.410 e. The van der Waals surface area contributed by atoms with Gasteiger partial charge in [0.2, 0.25) is 11.8 Å². The van der Waals surface area contributed by atoms with Crippen LogP contribution in [0.2, 0.25) is 0 Å². The molecule has 0 aliphatic rings. The van der Waals surface area contributed by atoms with E-state index in [9.17, 15) is 19.2 Å². The van der Waals surface area contributed by atoms with Gasteiger partial charge < -0.3 is 15.4 Å². The molecule has 2 N–H and O–H groups in total. The lowest BCUT2D eigenvalue weighted by atomic mass is 10.1. The fourth-order valence-electron chi connectivity index (χ4n) is 3.79. The molecule has 0 spiro atoms. The van der Waals surface area contributed by atoms with Crippen LogP contribution < -0.4 is 16.2 Å². The van der Waals surface area contributed by atoms with Crippen LogP contribution in [0.4, 0.5) is 10.5 Å². The fraction of sp³-hybridized carbons (Fsp3) is 0.333. The van der Waals surface area contributed by atoms with E-state index in [1.807, 2.05) is 60.7 Å². The molecule has 39 heavy (non-hydrogen) atoms. The van der Waals surface area contributed by atoms with E-state index in [0.717, 1.165) is 16.0 Å². The molecule has 206 valence electrons. The van der Waals surface area contributed by atoms with Crippen LogP contribution in [-0.4, -0.2) is 52.6 Å². The molecular formula is C30H36N4O5. The highest BCUT2D eigenvalue weighted by Crippen LogP contribution is 2.19. The van der Waals surface area contributed by atoms with Crippen LogP contribution in [0.3, 0.4) is 0 Å². The predicted octanol–water partition coefficient (Wildman–Crippen LogP) is 4.07. The third-order valence-corrected chi connectivity index (χ3v) is 6.02. The summed E-state index contributed by atoms with van der Waals surface area (Å²) in [6.07, 6.45) is 0.000717. The normalized spacial score (nSPS) is 11.8. The van der Waals surface area contributed by atoms with Gasteiger partial charge in [0.1, 0.15) is 23.9 Å². The Morgan fingerprint density at radius 1 is 0.949 bits per heavy atom. The lowest BCUT2D eigenvalue weighted by molar-refractivity contribution is -0.121. The molecule has 1 unspecified atom stereocenters. The Bertz CT molecular complexity index is 1350. The summed E-state index contributed by atoms with van der Waals surface area (Å²) in [5, 5.41) is 5.48. The summed E-state index contributed by atoms with van der Waals surface area (Å²) in [4.78, 5) is 52.9. The molecule has 0 saturated carbocycles. The molecule has 0 bridgehead atoms. The van der Waals surface area contributed by atoms with Gasteiger partial charge in [0.15, 0.2) is 0 Å². The van der Waals surface area contributed by atoms with Gasteiger partial charge in [-0.1, -0.05) is 60.7 Å². The molecule has 2 aromatic carbocycles. The molecule has 9 heteroatoms. The zero-order valence-electron chi connectivity index (χ0n) is 23.1. The molecule has 0 aliphatic heterocycles. The van der Waals surface area contributed by atoms with Crippen molar-refractivity contribution in [2.75, 3.05) is 18.9 Å². The van der Waals surface area contributed by atoms with Gasteiger partial charge in [-0.2, -0.15) is 0 Å². The summed E-state index contributed by atoms with van der Waals surface area (Å²) in [5.41, 5.74) is 1.13. The molecule has 0 saturated heterocycles. The van der Waals surface area contributed by atoms with E-state index in [1.165, 1.54) is 24.6 Å². The molecule has 9 nitrogen and oxygen atoms in total. The van der Waals surface area contributed by atoms with E-state index >= 15 is 0 Å². The second kappa shape index (κ2) is 12.9. The number of pyridine rings is 1. The number of carbonyl (C=O) groups excluding carboxylic acids is 3. The second-order valence-electron chi connectivity index (χ2n) is 10.2. The van der Waals surface area contributed by atoms with Gasteiger partial charge in [0.25, 0.3) is 5.56 Å². The largest absolute Gasteiger partial charge is 0.444 e. The molecule has 1 heterocycles. The summed E-state index contributed by atoms with van der Waals surface area (Å²) < 4.78 is 6.67. The number of rotatable bonds is 9. The number of hydrogen-bond donors (Lipinski definition) is 2. The zero-order valence-corrected chi connectivity index (χ0v) is 23.1. The number of likely N-dealkylation sites (N-methyl/N-ethyl adjacent to an activating group) is 1. The number of ether oxygens (including phenoxy) is 1. The number of nitrogens with zero attached hydrogens (tertiary/aromatic N) is 2. The summed E-state index contributed by atoms with van der Waals surface area (Å²) in [6.45, 7) is 6.93. The van der Waals surface area contributed by atoms with Gasteiger partial charge in [-0.3, -0.25) is 23.9 Å². The Hall–Kier alpha value is -4.40. The third kappa shape index (κ3) is 8.29. The maximum absolute atomic E-state index is 13.5. The predicted molar refractivity (Wildman–Crippen MR) is 151 cm³/mol. The van der Waals surface area contributed by atoms with Crippen LogP contribution >= 0.6 is 0 Å². The van der Waals surface area contributed by atoms with Crippen LogP contribution in [-0.2, 0) is 27.3 Å². The van der Waals surface area contributed by atoms with Crippen molar-refractivity contribution in [3.63, 3.8) is 0 Å². The molecule has 3 rings (SSSR count). The first-order chi connectivity index (χ1) is 18.5. The van der Waals surface area contributed by atoms with E-state index < -0.39 is 29.2 Å². The first-order valence-electron chi connectivity index (χ1n) is 12.8. The van der Waals surface area contributed by atoms with Crippen molar-refractivity contribution in [3.8, 4) is 11.3 Å². The van der Waals surface area contributed by atoms with Crippen LogP contribution in [0.15, 0.2) is 77.6 Å². The van der Waals surface area contributed by atoms with Crippen molar-refractivity contribution in [2.45, 2.75) is 52.3 Å². The van der Waals surface area contributed by atoms with Gasteiger partial charge in [0.05, 0.1) is 5.69 Å². The number of hydrogen-bond acceptors (Lipinski definition) is 5. The van der Waals surface area contributed by atoms with E-state index in [1.54, 1.807) is 26.8 Å². The highest BCUT2D eigenvalue weighted by molar-refractivity contribution is 5.96. The third-order valence-electron chi connectivity index (χ3n) is 6.02. The maximum Gasteiger partial charge on any atom is 0.410 e. The van der Waals surface area contributed by atoms with Crippen molar-refractivity contribution in [3.05, 3.63) is 88.7 Å². The van der Waals surface area contributed by atoms with Crippen molar-refractivity contribution in [1.29, 1.82) is 0 Å².